The number of nitrogens with one attached hydrogen (secondary N) is 1. The van der Waals surface area contributed by atoms with E-state index in [1.807, 2.05) is 0 Å². The number of hydrogen-bond acceptors (Lipinski definition) is 5. The lowest BCUT2D eigenvalue weighted by atomic mass is 10.2. The first-order valence-electron chi connectivity index (χ1n) is 8.54. The molecular weight excluding hydrogens is 360 g/mol. The highest BCUT2D eigenvalue weighted by molar-refractivity contribution is 6.32. The molecule has 1 heterocycles. The number of rotatable bonds is 8. The maximum atomic E-state index is 12.1. The number of hydrogen-bond donors (Lipinski definition) is 1. The Bertz CT molecular complexity index is 647. The van der Waals surface area contributed by atoms with Crippen molar-refractivity contribution in [2.24, 2.45) is 0 Å². The highest BCUT2D eigenvalue weighted by Crippen LogP contribution is 2.38. The first-order valence-corrected chi connectivity index (χ1v) is 8.92. The van der Waals surface area contributed by atoms with E-state index in [0.29, 0.717) is 28.8 Å². The Labute approximate surface area is 158 Å². The normalized spacial score (nSPS) is 16.2. The number of halogens is 1. The van der Waals surface area contributed by atoms with Gasteiger partial charge < -0.3 is 24.4 Å². The van der Waals surface area contributed by atoms with Crippen LogP contribution >= 0.6 is 11.6 Å². The van der Waals surface area contributed by atoms with Gasteiger partial charge in [0.15, 0.2) is 0 Å². The van der Waals surface area contributed by atoms with Gasteiger partial charge in [0, 0.05) is 45.2 Å². The van der Waals surface area contributed by atoms with Crippen LogP contribution in [-0.2, 0) is 14.3 Å². The molecular formula is C18H25ClN2O5. The van der Waals surface area contributed by atoms with Crippen molar-refractivity contribution >= 4 is 29.1 Å². The summed E-state index contributed by atoms with van der Waals surface area (Å²) in [5.74, 6) is 0.522. The minimum Gasteiger partial charge on any atom is -0.495 e. The second-order valence-corrected chi connectivity index (χ2v) is 6.43. The lowest BCUT2D eigenvalue weighted by Gasteiger charge is -2.24. The zero-order chi connectivity index (χ0) is 19.1. The smallest absolute Gasteiger partial charge is 0.223 e. The van der Waals surface area contributed by atoms with Crippen LogP contribution in [0.25, 0.3) is 0 Å². The molecule has 2 rings (SSSR count). The van der Waals surface area contributed by atoms with Crippen LogP contribution in [0.2, 0.25) is 5.02 Å². The Balaban J connectivity index is 2.04. The van der Waals surface area contributed by atoms with E-state index in [9.17, 15) is 9.59 Å². The maximum Gasteiger partial charge on any atom is 0.223 e. The van der Waals surface area contributed by atoms with Gasteiger partial charge in [-0.05, 0) is 12.8 Å². The van der Waals surface area contributed by atoms with E-state index in [1.54, 1.807) is 12.1 Å². The first kappa shape index (κ1) is 20.3. The number of anilines is 1. The quantitative estimate of drug-likeness (QED) is 0.744. The molecule has 1 N–H and O–H groups in total. The van der Waals surface area contributed by atoms with Crippen molar-refractivity contribution in [2.75, 3.05) is 38.8 Å². The molecule has 0 spiro atoms. The molecule has 1 unspecified atom stereocenters. The molecule has 1 atom stereocenters. The first-order chi connectivity index (χ1) is 12.5. The Morgan fingerprint density at radius 1 is 1.31 bits per heavy atom. The van der Waals surface area contributed by atoms with Crippen molar-refractivity contribution < 1.29 is 23.8 Å². The molecule has 26 heavy (non-hydrogen) atoms. The summed E-state index contributed by atoms with van der Waals surface area (Å²) in [6.07, 6.45) is 2.24. The molecule has 1 aliphatic rings. The zero-order valence-corrected chi connectivity index (χ0v) is 16.1. The van der Waals surface area contributed by atoms with Crippen LogP contribution in [0.5, 0.6) is 11.5 Å². The molecule has 0 aromatic heterocycles. The van der Waals surface area contributed by atoms with Gasteiger partial charge in [-0.1, -0.05) is 11.6 Å². The Morgan fingerprint density at radius 3 is 2.62 bits per heavy atom. The molecule has 144 valence electrons. The van der Waals surface area contributed by atoms with E-state index in [4.69, 9.17) is 25.8 Å². The number of carbonyl (C=O) groups excluding carboxylic acids is 2. The number of methoxy groups -OCH3 is 2. The summed E-state index contributed by atoms with van der Waals surface area (Å²) in [4.78, 5) is 25.7. The summed E-state index contributed by atoms with van der Waals surface area (Å²) in [7, 11) is 2.99. The van der Waals surface area contributed by atoms with Gasteiger partial charge in [-0.3, -0.25) is 9.59 Å². The third-order valence-electron chi connectivity index (χ3n) is 4.24. The molecule has 1 aromatic rings. The minimum atomic E-state index is -0.209. The van der Waals surface area contributed by atoms with E-state index in [1.165, 1.54) is 26.0 Å². The SMILES string of the molecule is COc1cc(N(CCC(=O)NCC2CCCO2)C(C)=O)c(OC)cc1Cl. The second-order valence-electron chi connectivity index (χ2n) is 6.02. The van der Waals surface area contributed by atoms with Crippen molar-refractivity contribution in [2.45, 2.75) is 32.3 Å². The standard InChI is InChI=1S/C18H25ClN2O5/c1-12(22)21(7-6-18(23)20-11-13-5-4-8-26-13)15-10-16(24-2)14(19)9-17(15)25-3/h9-10,13H,4-8,11H2,1-3H3,(H,20,23). The molecule has 7 nitrogen and oxygen atoms in total. The van der Waals surface area contributed by atoms with Crippen molar-refractivity contribution in [3.05, 3.63) is 17.2 Å². The van der Waals surface area contributed by atoms with Gasteiger partial charge in [-0.2, -0.15) is 0 Å². The zero-order valence-electron chi connectivity index (χ0n) is 15.3. The average molecular weight is 385 g/mol. The molecule has 0 bridgehead atoms. The Morgan fingerprint density at radius 2 is 2.04 bits per heavy atom. The van der Waals surface area contributed by atoms with E-state index in [0.717, 1.165) is 19.4 Å². The fraction of sp³-hybridized carbons (Fsp3) is 0.556. The molecule has 0 aliphatic carbocycles. The van der Waals surface area contributed by atoms with Gasteiger partial charge in [-0.25, -0.2) is 0 Å². The molecule has 1 saturated heterocycles. The molecule has 8 heteroatoms. The second kappa shape index (κ2) is 9.64. The minimum absolute atomic E-state index is 0.0866. The number of amides is 2. The molecule has 0 saturated carbocycles. The van der Waals surface area contributed by atoms with Gasteiger partial charge in [0.1, 0.15) is 11.5 Å². The summed E-state index contributed by atoms with van der Waals surface area (Å²) in [5.41, 5.74) is 0.508. The maximum absolute atomic E-state index is 12.1. The van der Waals surface area contributed by atoms with Crippen molar-refractivity contribution in [1.29, 1.82) is 0 Å². The lowest BCUT2D eigenvalue weighted by molar-refractivity contribution is -0.121. The van der Waals surface area contributed by atoms with Gasteiger partial charge in [0.2, 0.25) is 11.8 Å². The van der Waals surface area contributed by atoms with E-state index >= 15 is 0 Å². The largest absolute Gasteiger partial charge is 0.495 e. The van der Waals surface area contributed by atoms with Crippen molar-refractivity contribution in [3.8, 4) is 11.5 Å². The monoisotopic (exact) mass is 384 g/mol. The fourth-order valence-electron chi connectivity index (χ4n) is 2.84. The van der Waals surface area contributed by atoms with Gasteiger partial charge in [-0.15, -0.1) is 0 Å². The average Bonchev–Trinajstić information content (AvgIpc) is 3.14. The summed E-state index contributed by atoms with van der Waals surface area (Å²) < 4.78 is 16.0. The molecule has 1 aromatic carbocycles. The highest BCUT2D eigenvalue weighted by atomic mass is 35.5. The summed E-state index contributed by atoms with van der Waals surface area (Å²) in [6.45, 7) is 2.90. The van der Waals surface area contributed by atoms with Gasteiger partial charge >= 0.3 is 0 Å². The van der Waals surface area contributed by atoms with Crippen LogP contribution in [0.15, 0.2) is 12.1 Å². The Hall–Kier alpha value is -1.99. The number of benzene rings is 1. The van der Waals surface area contributed by atoms with Crippen LogP contribution in [0.4, 0.5) is 5.69 Å². The van der Waals surface area contributed by atoms with Crippen molar-refractivity contribution in [3.63, 3.8) is 0 Å². The molecule has 1 aliphatic heterocycles. The predicted octanol–water partition coefficient (Wildman–Crippen LogP) is 2.40. The van der Waals surface area contributed by atoms with Crippen LogP contribution < -0.4 is 19.7 Å². The predicted molar refractivity (Wildman–Crippen MR) is 99.2 cm³/mol. The fourth-order valence-corrected chi connectivity index (χ4v) is 3.07. The van der Waals surface area contributed by atoms with Crippen LogP contribution in [0, 0.1) is 0 Å². The van der Waals surface area contributed by atoms with Crippen molar-refractivity contribution in [1.82, 2.24) is 5.32 Å². The number of ether oxygens (including phenoxy) is 3. The number of nitrogens with zero attached hydrogens (tertiary/aromatic N) is 1. The summed E-state index contributed by atoms with van der Waals surface area (Å²) in [6, 6.07) is 3.22. The molecule has 2 amide bonds. The van der Waals surface area contributed by atoms with Gasteiger partial charge in [0.25, 0.3) is 0 Å². The highest BCUT2D eigenvalue weighted by Gasteiger charge is 2.21. The van der Waals surface area contributed by atoms with E-state index in [2.05, 4.69) is 5.32 Å². The summed E-state index contributed by atoms with van der Waals surface area (Å²) in [5, 5.41) is 3.23. The summed E-state index contributed by atoms with van der Waals surface area (Å²) >= 11 is 6.11. The molecule has 0 radical (unpaired) electrons. The number of carbonyl (C=O) groups is 2. The Kier molecular flexibility index (Phi) is 7.53. The van der Waals surface area contributed by atoms with Gasteiger partial charge in [0.05, 0.1) is 31.0 Å². The van der Waals surface area contributed by atoms with Crippen LogP contribution in [0.1, 0.15) is 26.2 Å². The topological polar surface area (TPSA) is 77.1 Å². The van der Waals surface area contributed by atoms with Crippen LogP contribution in [0.3, 0.4) is 0 Å². The lowest BCUT2D eigenvalue weighted by Crippen LogP contribution is -2.36. The third kappa shape index (κ3) is 5.25. The molecule has 1 fully saturated rings. The third-order valence-corrected chi connectivity index (χ3v) is 4.53. The van der Waals surface area contributed by atoms with Crippen LogP contribution in [-0.4, -0.2) is 51.8 Å². The van der Waals surface area contributed by atoms with E-state index < -0.39 is 0 Å². The van der Waals surface area contributed by atoms with E-state index in [-0.39, 0.29) is 30.9 Å².